The van der Waals surface area contributed by atoms with Gasteiger partial charge in [-0.15, -0.1) is 13.2 Å². The van der Waals surface area contributed by atoms with Crippen LogP contribution in [0, 0.1) is 0 Å². The van der Waals surface area contributed by atoms with Crippen LogP contribution in [0.2, 0.25) is 0 Å². The first kappa shape index (κ1) is 26.1. The largest absolute Gasteiger partial charge is 0.573 e. The van der Waals surface area contributed by atoms with Crippen LogP contribution in [-0.4, -0.2) is 51.2 Å². The Morgan fingerprint density at radius 2 is 1.83 bits per heavy atom. The summed E-state index contributed by atoms with van der Waals surface area (Å²) in [6.45, 7) is 1.99. The molecule has 0 saturated heterocycles. The van der Waals surface area contributed by atoms with E-state index in [0.717, 1.165) is 6.07 Å². The van der Waals surface area contributed by atoms with E-state index in [1.165, 1.54) is 17.0 Å². The number of amides is 1. The highest BCUT2D eigenvalue weighted by molar-refractivity contribution is 5.95. The molecule has 12 heteroatoms. The molecule has 1 amide bonds. The normalized spacial score (nSPS) is 14.8. The van der Waals surface area contributed by atoms with Gasteiger partial charge >= 0.3 is 18.4 Å². The number of ether oxygens (including phenoxy) is 2. The van der Waals surface area contributed by atoms with Crippen LogP contribution in [0.5, 0.6) is 5.75 Å². The van der Waals surface area contributed by atoms with Crippen LogP contribution >= 0.6 is 0 Å². The zero-order chi connectivity index (χ0) is 26.0. The number of aliphatic carboxylic acids is 1. The molecule has 35 heavy (non-hydrogen) atoms. The van der Waals surface area contributed by atoms with Gasteiger partial charge in [-0.2, -0.15) is 0 Å². The minimum Gasteiger partial charge on any atom is -0.481 e. The van der Waals surface area contributed by atoms with Gasteiger partial charge in [-0.3, -0.25) is 20.3 Å². The minimum atomic E-state index is -4.95. The van der Waals surface area contributed by atoms with Crippen LogP contribution in [0.4, 0.5) is 29.3 Å². The van der Waals surface area contributed by atoms with E-state index >= 15 is 0 Å². The van der Waals surface area contributed by atoms with Crippen molar-refractivity contribution in [2.75, 3.05) is 37.9 Å². The highest BCUT2D eigenvalue weighted by Gasteiger charge is 2.44. The molecular weight excluding hydrogens is 469 g/mol. The second kappa shape index (κ2) is 10.0. The highest BCUT2D eigenvalue weighted by Crippen LogP contribution is 2.45. The molecule has 9 nitrogen and oxygen atoms in total. The van der Waals surface area contributed by atoms with Crippen molar-refractivity contribution in [2.24, 2.45) is 0 Å². The zero-order valence-corrected chi connectivity index (χ0v) is 19.7. The fourth-order valence-corrected chi connectivity index (χ4v) is 4.07. The monoisotopic (exact) mass is 496 g/mol. The molecule has 0 aromatic heterocycles. The van der Waals surface area contributed by atoms with Gasteiger partial charge in [0.15, 0.2) is 0 Å². The number of carboxylic acid groups (broad SMARTS) is 1. The van der Waals surface area contributed by atoms with E-state index in [1.54, 1.807) is 40.2 Å². The van der Waals surface area contributed by atoms with Gasteiger partial charge in [0.25, 0.3) is 5.85 Å². The molecule has 0 bridgehead atoms. The summed E-state index contributed by atoms with van der Waals surface area (Å²) in [4.78, 5) is 25.1. The SMILES string of the molecule is CCN1C(=O)OC(NC)(NC)c2cc(NC)c(-c3cc(CCC(=O)O)ccc3OC(F)(F)F)cc21. The number of alkyl halides is 3. The van der Waals surface area contributed by atoms with Crippen molar-refractivity contribution in [2.45, 2.75) is 32.0 Å². The third kappa shape index (κ3) is 5.28. The van der Waals surface area contributed by atoms with Crippen LogP contribution in [0.15, 0.2) is 30.3 Å². The smallest absolute Gasteiger partial charge is 0.481 e. The lowest BCUT2D eigenvalue weighted by molar-refractivity contribution is -0.274. The van der Waals surface area contributed by atoms with Gasteiger partial charge in [-0.1, -0.05) is 6.07 Å². The molecule has 0 spiro atoms. The molecule has 1 aliphatic heterocycles. The van der Waals surface area contributed by atoms with Gasteiger partial charge < -0.3 is 19.9 Å². The number of halogens is 3. The van der Waals surface area contributed by atoms with E-state index < -0.39 is 30.0 Å². The Morgan fingerprint density at radius 1 is 1.14 bits per heavy atom. The summed E-state index contributed by atoms with van der Waals surface area (Å²) in [6.07, 6.45) is -5.67. The highest BCUT2D eigenvalue weighted by atomic mass is 19.4. The summed E-state index contributed by atoms with van der Waals surface area (Å²) in [7, 11) is 4.81. The Hall–Kier alpha value is -3.51. The number of nitrogens with zero attached hydrogens (tertiary/aromatic N) is 1. The molecule has 0 fully saturated rings. The topological polar surface area (TPSA) is 112 Å². The lowest BCUT2D eigenvalue weighted by atomic mass is 9.93. The molecule has 1 heterocycles. The summed E-state index contributed by atoms with van der Waals surface area (Å²) in [6, 6.07) is 7.29. The molecule has 0 aliphatic carbocycles. The van der Waals surface area contributed by atoms with E-state index in [1.807, 2.05) is 0 Å². The van der Waals surface area contributed by atoms with Crippen molar-refractivity contribution in [3.8, 4) is 16.9 Å². The number of hydrogen-bond donors (Lipinski definition) is 4. The number of rotatable bonds is 9. The van der Waals surface area contributed by atoms with Crippen molar-refractivity contribution in [1.82, 2.24) is 10.6 Å². The Kier molecular flexibility index (Phi) is 7.46. The van der Waals surface area contributed by atoms with Crippen LogP contribution in [0.25, 0.3) is 11.1 Å². The summed E-state index contributed by atoms with van der Waals surface area (Å²) in [5.41, 5.74) is 2.34. The van der Waals surface area contributed by atoms with Crippen LogP contribution in [-0.2, 0) is 21.8 Å². The number of cyclic esters (lactones) is 1. The third-order valence-corrected chi connectivity index (χ3v) is 5.74. The molecule has 2 aromatic carbocycles. The van der Waals surface area contributed by atoms with E-state index in [9.17, 15) is 22.8 Å². The van der Waals surface area contributed by atoms with Gasteiger partial charge in [-0.05, 0) is 57.3 Å². The molecule has 0 atom stereocenters. The van der Waals surface area contributed by atoms with Crippen LogP contribution in [0.1, 0.15) is 24.5 Å². The number of carboxylic acids is 1. The number of anilines is 2. The standard InChI is InChI=1S/C23H27F3N4O5/c1-5-30-18-11-14(17(27-2)12-16(18)22(28-3,29-4)35-21(30)33)15-10-13(7-9-20(31)32)6-8-19(15)34-23(24,25)26/h6,8,10-12,27-29H,5,7,9H2,1-4H3,(H,31,32). The zero-order valence-electron chi connectivity index (χ0n) is 19.7. The quantitative estimate of drug-likeness (QED) is 0.388. The van der Waals surface area contributed by atoms with Crippen molar-refractivity contribution >= 4 is 23.4 Å². The molecular formula is C23H27F3N4O5. The molecule has 0 unspecified atom stereocenters. The first-order valence-electron chi connectivity index (χ1n) is 10.8. The Bertz CT molecular complexity index is 1120. The Morgan fingerprint density at radius 3 is 2.37 bits per heavy atom. The van der Waals surface area contributed by atoms with Crippen molar-refractivity contribution < 1.29 is 37.3 Å². The third-order valence-electron chi connectivity index (χ3n) is 5.74. The van der Waals surface area contributed by atoms with Gasteiger partial charge in [0, 0.05) is 36.8 Å². The summed E-state index contributed by atoms with van der Waals surface area (Å²) in [5, 5.41) is 17.9. The second-order valence-electron chi connectivity index (χ2n) is 7.73. The van der Waals surface area contributed by atoms with E-state index in [0.29, 0.717) is 28.1 Å². The summed E-state index contributed by atoms with van der Waals surface area (Å²) < 4.78 is 49.5. The second-order valence-corrected chi connectivity index (χ2v) is 7.73. The maximum Gasteiger partial charge on any atom is 0.573 e. The van der Waals surface area contributed by atoms with Crippen LogP contribution in [0.3, 0.4) is 0 Å². The lowest BCUT2D eigenvalue weighted by Gasteiger charge is -2.42. The fraction of sp³-hybridized carbons (Fsp3) is 0.391. The molecule has 190 valence electrons. The van der Waals surface area contributed by atoms with Crippen LogP contribution < -0.4 is 25.6 Å². The molecule has 4 N–H and O–H groups in total. The maximum absolute atomic E-state index is 13.2. The Labute approximate surface area is 200 Å². The lowest BCUT2D eigenvalue weighted by Crippen LogP contribution is -2.59. The number of carbonyl (C=O) groups excluding carboxylic acids is 1. The van der Waals surface area contributed by atoms with Gasteiger partial charge in [0.2, 0.25) is 0 Å². The maximum atomic E-state index is 13.2. The predicted octanol–water partition coefficient (Wildman–Crippen LogP) is 3.84. The first-order valence-corrected chi connectivity index (χ1v) is 10.8. The summed E-state index contributed by atoms with van der Waals surface area (Å²) >= 11 is 0. The average Bonchev–Trinajstić information content (AvgIpc) is 2.81. The molecule has 0 saturated carbocycles. The number of fused-ring (bicyclic) bond motifs is 1. The molecule has 2 aromatic rings. The number of aryl methyl sites for hydroxylation is 1. The predicted molar refractivity (Wildman–Crippen MR) is 123 cm³/mol. The van der Waals surface area contributed by atoms with E-state index in [-0.39, 0.29) is 24.9 Å². The Balaban J connectivity index is 2.29. The van der Waals surface area contributed by atoms with Crippen molar-refractivity contribution in [3.63, 3.8) is 0 Å². The number of hydrogen-bond acceptors (Lipinski definition) is 7. The molecule has 3 rings (SSSR count). The number of benzene rings is 2. The number of nitrogens with one attached hydrogen (secondary N) is 3. The molecule has 1 aliphatic rings. The van der Waals surface area contributed by atoms with Gasteiger partial charge in [0.05, 0.1) is 11.3 Å². The van der Waals surface area contributed by atoms with Gasteiger partial charge in [-0.25, -0.2) is 4.79 Å². The first-order chi connectivity index (χ1) is 16.5. The minimum absolute atomic E-state index is 0.0897. The number of carbonyl (C=O) groups is 2. The average molecular weight is 496 g/mol. The van der Waals surface area contributed by atoms with E-state index in [2.05, 4.69) is 20.7 Å². The van der Waals surface area contributed by atoms with Crippen molar-refractivity contribution in [3.05, 3.63) is 41.5 Å². The van der Waals surface area contributed by atoms with E-state index in [4.69, 9.17) is 9.84 Å². The van der Waals surface area contributed by atoms with Crippen molar-refractivity contribution in [1.29, 1.82) is 0 Å². The fourth-order valence-electron chi connectivity index (χ4n) is 4.07. The van der Waals surface area contributed by atoms with Gasteiger partial charge in [0.1, 0.15) is 5.75 Å². The molecule has 0 radical (unpaired) electrons. The summed E-state index contributed by atoms with van der Waals surface area (Å²) in [5.74, 6) is -2.85.